The summed E-state index contributed by atoms with van der Waals surface area (Å²) in [6.45, 7) is 2.56. The molecule has 0 aliphatic carbocycles. The molecular weight excluding hydrogens is 620 g/mol. The fraction of sp³-hybridized carbons (Fsp3) is 0.120. The molecule has 0 fully saturated rings. The van der Waals surface area contributed by atoms with Gasteiger partial charge in [0.2, 0.25) is 0 Å². The van der Waals surface area contributed by atoms with E-state index in [4.69, 9.17) is 32.7 Å². The van der Waals surface area contributed by atoms with Gasteiger partial charge in [0.05, 0.1) is 30.8 Å². The van der Waals surface area contributed by atoms with Crippen LogP contribution in [0.2, 0.25) is 10.0 Å². The van der Waals surface area contributed by atoms with Crippen LogP contribution < -0.4 is 14.8 Å². The monoisotopic (exact) mass is 637 g/mol. The molecule has 0 saturated carbocycles. The fourth-order valence-corrected chi connectivity index (χ4v) is 4.44. The number of hydrogen-bond donors (Lipinski definition) is 1. The molecule has 0 aliphatic heterocycles. The number of nitro benzene ring substituents is 1. The number of rotatable bonds is 9. The zero-order valence-electron chi connectivity index (χ0n) is 18.8. The summed E-state index contributed by atoms with van der Waals surface area (Å²) in [6.07, 6.45) is 1.38. The van der Waals surface area contributed by atoms with Gasteiger partial charge in [-0.25, -0.2) is 0 Å². The lowest BCUT2D eigenvalue weighted by Crippen LogP contribution is -2.14. The van der Waals surface area contributed by atoms with E-state index in [1.807, 2.05) is 43.3 Å². The number of non-ortho nitro benzene ring substituents is 1. The van der Waals surface area contributed by atoms with E-state index in [-0.39, 0.29) is 27.0 Å². The van der Waals surface area contributed by atoms with E-state index in [2.05, 4.69) is 27.9 Å². The molecule has 0 aliphatic rings. The second-order valence-electron chi connectivity index (χ2n) is 7.20. The molecule has 0 atom stereocenters. The van der Waals surface area contributed by atoms with Gasteiger partial charge in [-0.15, -0.1) is 0 Å². The van der Waals surface area contributed by atoms with Gasteiger partial charge in [0, 0.05) is 12.1 Å². The molecule has 3 aromatic rings. The molecule has 3 rings (SSSR count). The minimum atomic E-state index is -0.785. The molecule has 0 aromatic heterocycles. The van der Waals surface area contributed by atoms with Crippen molar-refractivity contribution in [1.29, 1.82) is 5.26 Å². The Morgan fingerprint density at radius 3 is 2.42 bits per heavy atom. The van der Waals surface area contributed by atoms with Crippen molar-refractivity contribution in [2.24, 2.45) is 0 Å². The molecule has 0 saturated heterocycles. The normalized spacial score (nSPS) is 10.9. The molecule has 11 heteroatoms. The minimum absolute atomic E-state index is 0.0377. The van der Waals surface area contributed by atoms with Crippen LogP contribution in [0.5, 0.6) is 11.5 Å². The first kappa shape index (κ1) is 27.3. The number of carbonyl (C=O) groups is 1. The molecule has 184 valence electrons. The highest BCUT2D eigenvalue weighted by atomic mass is 127. The van der Waals surface area contributed by atoms with Gasteiger partial charge in [-0.05, 0) is 58.9 Å². The van der Waals surface area contributed by atoms with Gasteiger partial charge in [0.1, 0.15) is 18.2 Å². The van der Waals surface area contributed by atoms with Crippen LogP contribution in [0, 0.1) is 25.0 Å². The van der Waals surface area contributed by atoms with Gasteiger partial charge in [-0.1, -0.05) is 53.5 Å². The van der Waals surface area contributed by atoms with Gasteiger partial charge in [-0.2, -0.15) is 5.26 Å². The zero-order chi connectivity index (χ0) is 26.2. The Hall–Kier alpha value is -3.33. The number of carbonyl (C=O) groups excluding carboxylic acids is 1. The highest BCUT2D eigenvalue weighted by Crippen LogP contribution is 2.37. The number of nitro groups is 1. The van der Waals surface area contributed by atoms with E-state index < -0.39 is 10.8 Å². The summed E-state index contributed by atoms with van der Waals surface area (Å²) in [5, 5.41) is 22.8. The summed E-state index contributed by atoms with van der Waals surface area (Å²) in [6, 6.07) is 17.1. The Labute approximate surface area is 230 Å². The summed E-state index contributed by atoms with van der Waals surface area (Å²) in [5.41, 5.74) is 0.918. The number of anilines is 1. The van der Waals surface area contributed by atoms with E-state index in [9.17, 15) is 20.2 Å². The van der Waals surface area contributed by atoms with Crippen LogP contribution in [0.4, 0.5) is 11.4 Å². The van der Waals surface area contributed by atoms with Crippen molar-refractivity contribution < 1.29 is 19.2 Å². The summed E-state index contributed by atoms with van der Waals surface area (Å²) in [4.78, 5) is 23.1. The molecule has 1 N–H and O–H groups in total. The quantitative estimate of drug-likeness (QED) is 0.0886. The number of nitrogens with zero attached hydrogens (tertiary/aromatic N) is 2. The van der Waals surface area contributed by atoms with E-state index in [0.29, 0.717) is 30.3 Å². The number of nitriles is 1. The van der Waals surface area contributed by atoms with E-state index in [1.54, 1.807) is 12.1 Å². The van der Waals surface area contributed by atoms with Crippen molar-refractivity contribution >= 4 is 69.2 Å². The van der Waals surface area contributed by atoms with Crippen molar-refractivity contribution in [3.05, 3.63) is 95.0 Å². The van der Waals surface area contributed by atoms with Crippen LogP contribution >= 0.6 is 45.8 Å². The third-order valence-corrected chi connectivity index (χ3v) is 6.11. The highest BCUT2D eigenvalue weighted by Gasteiger charge is 2.19. The standard InChI is InChI=1S/C25H18Cl2IN3O5/c1-2-35-22-10-16(9-21(28)24(22)36-14-15-6-4-3-5-7-15)8-17(13-29)25(32)30-23-19(26)11-18(31(33)34)12-20(23)27/h3-12H,2,14H2,1H3,(H,30,32)/b17-8+. The average Bonchev–Trinajstić information content (AvgIpc) is 2.84. The Morgan fingerprint density at radius 2 is 1.83 bits per heavy atom. The van der Waals surface area contributed by atoms with E-state index in [1.165, 1.54) is 6.08 Å². The Kier molecular flexibility index (Phi) is 9.52. The lowest BCUT2D eigenvalue weighted by molar-refractivity contribution is -0.384. The van der Waals surface area contributed by atoms with Crippen LogP contribution in [0.1, 0.15) is 18.1 Å². The van der Waals surface area contributed by atoms with Crippen LogP contribution in [0.3, 0.4) is 0 Å². The number of nitrogens with one attached hydrogen (secondary N) is 1. The Bertz CT molecular complexity index is 1350. The molecule has 0 heterocycles. The predicted octanol–water partition coefficient (Wildman–Crippen LogP) is 7.03. The number of halogens is 3. The molecule has 8 nitrogen and oxygen atoms in total. The number of amides is 1. The fourth-order valence-electron chi connectivity index (χ4n) is 3.08. The molecule has 36 heavy (non-hydrogen) atoms. The zero-order valence-corrected chi connectivity index (χ0v) is 22.4. The lowest BCUT2D eigenvalue weighted by Gasteiger charge is -2.15. The van der Waals surface area contributed by atoms with Crippen molar-refractivity contribution in [2.45, 2.75) is 13.5 Å². The van der Waals surface area contributed by atoms with Gasteiger partial charge < -0.3 is 14.8 Å². The molecule has 0 spiro atoms. The maximum Gasteiger partial charge on any atom is 0.272 e. The van der Waals surface area contributed by atoms with E-state index >= 15 is 0 Å². The second kappa shape index (κ2) is 12.6. The molecular formula is C25H18Cl2IN3O5. The van der Waals surface area contributed by atoms with Gasteiger partial charge in [-0.3, -0.25) is 14.9 Å². The average molecular weight is 638 g/mol. The first-order valence-electron chi connectivity index (χ1n) is 10.4. The summed E-state index contributed by atoms with van der Waals surface area (Å²) >= 11 is 14.2. The summed E-state index contributed by atoms with van der Waals surface area (Å²) in [7, 11) is 0. The lowest BCUT2D eigenvalue weighted by atomic mass is 10.1. The maximum atomic E-state index is 12.8. The molecule has 1 amide bonds. The second-order valence-corrected chi connectivity index (χ2v) is 9.18. The SMILES string of the molecule is CCOc1cc(/C=C(\C#N)C(=O)Nc2c(Cl)cc([N+](=O)[O-])cc2Cl)cc(I)c1OCc1ccccc1. The summed E-state index contributed by atoms with van der Waals surface area (Å²) in [5.74, 6) is 0.226. The largest absolute Gasteiger partial charge is 0.490 e. The summed E-state index contributed by atoms with van der Waals surface area (Å²) < 4.78 is 12.5. The smallest absolute Gasteiger partial charge is 0.272 e. The van der Waals surface area contributed by atoms with Crippen LogP contribution in [-0.2, 0) is 11.4 Å². The maximum absolute atomic E-state index is 12.8. The number of hydrogen-bond acceptors (Lipinski definition) is 6. The molecule has 0 bridgehead atoms. The first-order chi connectivity index (χ1) is 17.2. The molecule has 0 unspecified atom stereocenters. The van der Waals surface area contributed by atoms with Crippen molar-refractivity contribution in [3.8, 4) is 17.6 Å². The van der Waals surface area contributed by atoms with Crippen molar-refractivity contribution in [3.63, 3.8) is 0 Å². The highest BCUT2D eigenvalue weighted by molar-refractivity contribution is 14.1. The Morgan fingerprint density at radius 1 is 1.17 bits per heavy atom. The van der Waals surface area contributed by atoms with Crippen molar-refractivity contribution in [2.75, 3.05) is 11.9 Å². The van der Waals surface area contributed by atoms with Crippen molar-refractivity contribution in [1.82, 2.24) is 0 Å². The van der Waals surface area contributed by atoms with Crippen LogP contribution in [0.15, 0.2) is 60.2 Å². The van der Waals surface area contributed by atoms with Crippen LogP contribution in [-0.4, -0.2) is 17.4 Å². The first-order valence-corrected chi connectivity index (χ1v) is 12.3. The van der Waals surface area contributed by atoms with Gasteiger partial charge in [0.25, 0.3) is 11.6 Å². The third kappa shape index (κ3) is 6.87. The Balaban J connectivity index is 1.88. The molecule has 0 radical (unpaired) electrons. The predicted molar refractivity (Wildman–Crippen MR) is 146 cm³/mol. The number of ether oxygens (including phenoxy) is 2. The van der Waals surface area contributed by atoms with E-state index in [0.717, 1.165) is 21.3 Å². The number of benzene rings is 3. The third-order valence-electron chi connectivity index (χ3n) is 4.71. The van der Waals surface area contributed by atoms with Gasteiger partial charge >= 0.3 is 0 Å². The molecule has 3 aromatic carbocycles. The van der Waals surface area contributed by atoms with Gasteiger partial charge in [0.15, 0.2) is 11.5 Å². The van der Waals surface area contributed by atoms with Crippen LogP contribution in [0.25, 0.3) is 6.08 Å². The topological polar surface area (TPSA) is 114 Å². The minimum Gasteiger partial charge on any atom is -0.490 e.